The van der Waals surface area contributed by atoms with Crippen LogP contribution in [-0.2, 0) is 11.3 Å². The lowest BCUT2D eigenvalue weighted by molar-refractivity contribution is -0.120. The highest BCUT2D eigenvalue weighted by Gasteiger charge is 2.20. The van der Waals surface area contributed by atoms with Crippen molar-refractivity contribution in [1.82, 2.24) is 20.1 Å². The maximum Gasteiger partial charge on any atom is 0.233 e. The summed E-state index contributed by atoms with van der Waals surface area (Å²) < 4.78 is 2.01. The number of carbonyl (C=O) groups is 1. The molecule has 0 spiro atoms. The summed E-state index contributed by atoms with van der Waals surface area (Å²) in [5, 5.41) is 12.7. The standard InChI is InChI=1S/C17H23ClN4OS/c1-5-22-15(13-6-8-14(18)9-7-13)20-21-17(22)24-12(4)16(23)19-10-11(2)3/h6-9,11-12H,5,10H2,1-4H3,(H,19,23)/t12-/m1/s1. The molecule has 1 aromatic carbocycles. The molecule has 0 saturated heterocycles. The predicted octanol–water partition coefficient (Wildman–Crippen LogP) is 3.87. The average molecular weight is 367 g/mol. The number of carbonyl (C=O) groups excluding carboxylic acids is 1. The normalized spacial score (nSPS) is 12.4. The maximum atomic E-state index is 12.2. The highest BCUT2D eigenvalue weighted by atomic mass is 35.5. The Labute approximate surface area is 152 Å². The van der Waals surface area contributed by atoms with E-state index in [1.54, 1.807) is 0 Å². The molecule has 0 bridgehead atoms. The van der Waals surface area contributed by atoms with Gasteiger partial charge >= 0.3 is 0 Å². The number of rotatable bonds is 7. The average Bonchev–Trinajstić information content (AvgIpc) is 2.95. The monoisotopic (exact) mass is 366 g/mol. The minimum atomic E-state index is -0.226. The molecule has 1 amide bonds. The number of nitrogens with zero attached hydrogens (tertiary/aromatic N) is 3. The number of nitrogens with one attached hydrogen (secondary N) is 1. The number of aromatic nitrogens is 3. The molecule has 1 N–H and O–H groups in total. The summed E-state index contributed by atoms with van der Waals surface area (Å²) >= 11 is 7.37. The third-order valence-electron chi connectivity index (χ3n) is 3.47. The van der Waals surface area contributed by atoms with Crippen molar-refractivity contribution in [2.75, 3.05) is 6.54 Å². The number of halogens is 1. The van der Waals surface area contributed by atoms with Gasteiger partial charge in [0.2, 0.25) is 5.91 Å². The van der Waals surface area contributed by atoms with Gasteiger partial charge in [0.1, 0.15) is 0 Å². The Kier molecular flexibility index (Phi) is 6.69. The first-order chi connectivity index (χ1) is 11.4. The zero-order chi connectivity index (χ0) is 17.7. The molecule has 1 aromatic heterocycles. The third-order valence-corrected chi connectivity index (χ3v) is 4.80. The molecule has 0 aliphatic carbocycles. The van der Waals surface area contributed by atoms with E-state index in [2.05, 4.69) is 29.4 Å². The zero-order valence-corrected chi connectivity index (χ0v) is 16.0. The van der Waals surface area contributed by atoms with E-state index in [1.807, 2.05) is 42.7 Å². The molecule has 1 heterocycles. The summed E-state index contributed by atoms with van der Waals surface area (Å²) in [5.74, 6) is 1.24. The fraction of sp³-hybridized carbons (Fsp3) is 0.471. The van der Waals surface area contributed by atoms with Crippen LogP contribution >= 0.6 is 23.4 Å². The summed E-state index contributed by atoms with van der Waals surface area (Å²) in [6.07, 6.45) is 0. The minimum Gasteiger partial charge on any atom is -0.355 e. The topological polar surface area (TPSA) is 59.8 Å². The lowest BCUT2D eigenvalue weighted by atomic mass is 10.2. The fourth-order valence-electron chi connectivity index (χ4n) is 2.13. The second-order valence-electron chi connectivity index (χ2n) is 5.96. The van der Waals surface area contributed by atoms with Crippen LogP contribution in [0.5, 0.6) is 0 Å². The molecular formula is C17H23ClN4OS. The van der Waals surface area contributed by atoms with Crippen LogP contribution in [0.1, 0.15) is 27.7 Å². The molecule has 0 unspecified atom stereocenters. The summed E-state index contributed by atoms with van der Waals surface area (Å²) in [4.78, 5) is 12.2. The first-order valence-corrected chi connectivity index (χ1v) is 9.31. The largest absolute Gasteiger partial charge is 0.355 e. The van der Waals surface area contributed by atoms with Crippen LogP contribution in [0.4, 0.5) is 0 Å². The van der Waals surface area contributed by atoms with E-state index in [1.165, 1.54) is 11.8 Å². The molecule has 0 aliphatic heterocycles. The molecule has 24 heavy (non-hydrogen) atoms. The van der Waals surface area contributed by atoms with Crippen molar-refractivity contribution in [2.24, 2.45) is 5.92 Å². The van der Waals surface area contributed by atoms with Crippen molar-refractivity contribution >= 4 is 29.3 Å². The Balaban J connectivity index is 2.14. The van der Waals surface area contributed by atoms with Crippen LogP contribution in [0, 0.1) is 5.92 Å². The van der Waals surface area contributed by atoms with Crippen molar-refractivity contribution in [3.05, 3.63) is 29.3 Å². The molecule has 0 saturated carbocycles. The quantitative estimate of drug-likeness (QED) is 0.755. The van der Waals surface area contributed by atoms with Gasteiger partial charge in [0, 0.05) is 23.7 Å². The van der Waals surface area contributed by atoms with Crippen molar-refractivity contribution in [3.8, 4) is 11.4 Å². The molecule has 130 valence electrons. The highest BCUT2D eigenvalue weighted by Crippen LogP contribution is 2.27. The molecule has 1 atom stereocenters. The Hall–Kier alpha value is -1.53. The van der Waals surface area contributed by atoms with Gasteiger partial charge in [-0.15, -0.1) is 10.2 Å². The minimum absolute atomic E-state index is 0.0207. The van der Waals surface area contributed by atoms with Gasteiger partial charge in [0.15, 0.2) is 11.0 Å². The third kappa shape index (κ3) is 4.74. The van der Waals surface area contributed by atoms with Crippen molar-refractivity contribution in [2.45, 2.75) is 44.6 Å². The SMILES string of the molecule is CCn1c(S[C@H](C)C(=O)NCC(C)C)nnc1-c1ccc(Cl)cc1. The molecule has 0 fully saturated rings. The van der Waals surface area contributed by atoms with Crippen molar-refractivity contribution < 1.29 is 4.79 Å². The van der Waals surface area contributed by atoms with E-state index in [9.17, 15) is 4.79 Å². The van der Waals surface area contributed by atoms with Gasteiger partial charge in [-0.1, -0.05) is 37.2 Å². The molecule has 0 radical (unpaired) electrons. The molecule has 5 nitrogen and oxygen atoms in total. The van der Waals surface area contributed by atoms with Crippen molar-refractivity contribution in [3.63, 3.8) is 0 Å². The number of benzene rings is 1. The smallest absolute Gasteiger partial charge is 0.233 e. The van der Waals surface area contributed by atoms with E-state index in [0.717, 1.165) is 23.1 Å². The molecule has 0 aliphatic rings. The number of thioether (sulfide) groups is 1. The van der Waals surface area contributed by atoms with E-state index in [4.69, 9.17) is 11.6 Å². The second kappa shape index (κ2) is 8.53. The van der Waals surface area contributed by atoms with E-state index >= 15 is 0 Å². The van der Waals surface area contributed by atoms with Gasteiger partial charge in [0.05, 0.1) is 5.25 Å². The van der Waals surface area contributed by atoms with Crippen LogP contribution in [0.25, 0.3) is 11.4 Å². The number of hydrogen-bond acceptors (Lipinski definition) is 4. The van der Waals surface area contributed by atoms with Crippen LogP contribution in [0.15, 0.2) is 29.4 Å². The van der Waals surface area contributed by atoms with Gasteiger partial charge in [0.25, 0.3) is 0 Å². The van der Waals surface area contributed by atoms with Gasteiger partial charge in [-0.2, -0.15) is 0 Å². The summed E-state index contributed by atoms with van der Waals surface area (Å²) in [7, 11) is 0. The van der Waals surface area contributed by atoms with Gasteiger partial charge in [-0.05, 0) is 44.0 Å². The van der Waals surface area contributed by atoms with Gasteiger partial charge in [-0.25, -0.2) is 0 Å². The lowest BCUT2D eigenvalue weighted by Gasteiger charge is -2.13. The first kappa shape index (κ1) is 18.8. The molecule has 2 aromatic rings. The summed E-state index contributed by atoms with van der Waals surface area (Å²) in [6, 6.07) is 7.51. The van der Waals surface area contributed by atoms with Crippen LogP contribution in [-0.4, -0.2) is 32.5 Å². The fourth-order valence-corrected chi connectivity index (χ4v) is 3.20. The molecular weight excluding hydrogens is 344 g/mol. The highest BCUT2D eigenvalue weighted by molar-refractivity contribution is 8.00. The maximum absolute atomic E-state index is 12.2. The second-order valence-corrected chi connectivity index (χ2v) is 7.70. The summed E-state index contributed by atoms with van der Waals surface area (Å²) in [5.41, 5.74) is 0.956. The number of amides is 1. The zero-order valence-electron chi connectivity index (χ0n) is 14.4. The van der Waals surface area contributed by atoms with Crippen LogP contribution in [0.3, 0.4) is 0 Å². The molecule has 7 heteroatoms. The van der Waals surface area contributed by atoms with E-state index in [0.29, 0.717) is 17.5 Å². The lowest BCUT2D eigenvalue weighted by Crippen LogP contribution is -2.33. The Bertz CT molecular complexity index is 684. The van der Waals surface area contributed by atoms with Gasteiger partial charge < -0.3 is 9.88 Å². The van der Waals surface area contributed by atoms with Crippen LogP contribution in [0.2, 0.25) is 5.02 Å². The summed E-state index contributed by atoms with van der Waals surface area (Å²) in [6.45, 7) is 9.48. The Morgan fingerprint density at radius 2 is 1.92 bits per heavy atom. The van der Waals surface area contributed by atoms with Crippen molar-refractivity contribution in [1.29, 1.82) is 0 Å². The number of hydrogen-bond donors (Lipinski definition) is 1. The van der Waals surface area contributed by atoms with Crippen LogP contribution < -0.4 is 5.32 Å². The predicted molar refractivity (Wildman–Crippen MR) is 99.3 cm³/mol. The van der Waals surface area contributed by atoms with E-state index < -0.39 is 0 Å². The Morgan fingerprint density at radius 3 is 2.50 bits per heavy atom. The Morgan fingerprint density at radius 1 is 1.25 bits per heavy atom. The first-order valence-electron chi connectivity index (χ1n) is 8.05. The van der Waals surface area contributed by atoms with Gasteiger partial charge in [-0.3, -0.25) is 4.79 Å². The van der Waals surface area contributed by atoms with E-state index in [-0.39, 0.29) is 11.2 Å². The molecule has 2 rings (SSSR count).